The Hall–Kier alpha value is -1.67. The van der Waals surface area contributed by atoms with Gasteiger partial charge in [-0.1, -0.05) is 32.6 Å². The van der Waals surface area contributed by atoms with Crippen LogP contribution in [0.2, 0.25) is 0 Å². The molecule has 6 nitrogen and oxygen atoms in total. The van der Waals surface area contributed by atoms with Gasteiger partial charge >= 0.3 is 0 Å². The summed E-state index contributed by atoms with van der Waals surface area (Å²) in [4.78, 5) is 23.8. The quantitative estimate of drug-likeness (QED) is 0.335. The maximum absolute atomic E-state index is 12.1. The zero-order valence-corrected chi connectivity index (χ0v) is 16.9. The smallest absolute Gasteiger partial charge is 0.269 e. The number of nitrogens with one attached hydrogen (secondary N) is 3. The normalized spacial score (nSPS) is 10.0. The first kappa shape index (κ1) is 21.4. The fraction of sp³-hybridized carbons (Fsp3) is 0.471. The highest BCUT2D eigenvalue weighted by Crippen LogP contribution is 2.25. The highest BCUT2D eigenvalue weighted by Gasteiger charge is 2.10. The van der Waals surface area contributed by atoms with E-state index in [0.717, 1.165) is 19.3 Å². The second-order valence-corrected chi connectivity index (χ2v) is 6.73. The maximum Gasteiger partial charge on any atom is 0.269 e. The van der Waals surface area contributed by atoms with Crippen LogP contribution in [0, 0.1) is 0 Å². The SMILES string of the molecule is CCCCCCCC(=O)NC(=S)NNC(=O)c1ccc(OC)c(Br)c1. The molecule has 0 aliphatic rings. The van der Waals surface area contributed by atoms with Gasteiger partial charge < -0.3 is 10.1 Å². The van der Waals surface area contributed by atoms with E-state index in [4.69, 9.17) is 17.0 Å². The summed E-state index contributed by atoms with van der Waals surface area (Å²) in [6, 6.07) is 4.93. The van der Waals surface area contributed by atoms with Crippen molar-refractivity contribution < 1.29 is 14.3 Å². The Morgan fingerprint density at radius 2 is 1.88 bits per heavy atom. The number of methoxy groups -OCH3 is 1. The molecular weight excluding hydrogens is 406 g/mol. The number of hydrazine groups is 1. The molecule has 0 saturated carbocycles. The van der Waals surface area contributed by atoms with E-state index in [2.05, 4.69) is 39.0 Å². The Morgan fingerprint density at radius 3 is 2.52 bits per heavy atom. The maximum atomic E-state index is 12.1. The van der Waals surface area contributed by atoms with Gasteiger partial charge in [0.05, 0.1) is 11.6 Å². The van der Waals surface area contributed by atoms with Crippen LogP contribution in [0.15, 0.2) is 22.7 Å². The summed E-state index contributed by atoms with van der Waals surface area (Å²) in [7, 11) is 1.55. The van der Waals surface area contributed by atoms with Crippen molar-refractivity contribution >= 4 is 45.1 Å². The summed E-state index contributed by atoms with van der Waals surface area (Å²) in [5.41, 5.74) is 5.39. The van der Waals surface area contributed by atoms with Crippen molar-refractivity contribution in [1.29, 1.82) is 0 Å². The highest BCUT2D eigenvalue weighted by molar-refractivity contribution is 9.10. The van der Waals surface area contributed by atoms with Gasteiger partial charge in [0.1, 0.15) is 5.75 Å². The standard InChI is InChI=1S/C17H24BrN3O3S/c1-3-4-5-6-7-8-15(22)19-17(25)21-20-16(23)12-9-10-14(24-2)13(18)11-12/h9-11H,3-8H2,1-2H3,(H,20,23)(H2,19,21,22,25). The molecule has 0 aliphatic carbocycles. The molecule has 1 rings (SSSR count). The minimum Gasteiger partial charge on any atom is -0.496 e. The van der Waals surface area contributed by atoms with Crippen molar-refractivity contribution in [2.45, 2.75) is 45.4 Å². The Kier molecular flexibility index (Phi) is 10.1. The van der Waals surface area contributed by atoms with Crippen LogP contribution in [0.4, 0.5) is 0 Å². The van der Waals surface area contributed by atoms with Crippen molar-refractivity contribution in [3.05, 3.63) is 28.2 Å². The van der Waals surface area contributed by atoms with Gasteiger partial charge in [0.2, 0.25) is 5.91 Å². The lowest BCUT2D eigenvalue weighted by atomic mass is 10.1. The predicted octanol–water partition coefficient (Wildman–Crippen LogP) is 3.45. The summed E-state index contributed by atoms with van der Waals surface area (Å²) in [6.45, 7) is 2.15. The average molecular weight is 430 g/mol. The van der Waals surface area contributed by atoms with Crippen LogP contribution in [-0.2, 0) is 4.79 Å². The molecule has 0 aliphatic heterocycles. The lowest BCUT2D eigenvalue weighted by molar-refractivity contribution is -0.119. The van der Waals surface area contributed by atoms with Gasteiger partial charge in [0, 0.05) is 12.0 Å². The van der Waals surface area contributed by atoms with Crippen molar-refractivity contribution in [2.75, 3.05) is 7.11 Å². The number of carbonyl (C=O) groups is 2. The molecule has 0 heterocycles. The second kappa shape index (κ2) is 11.8. The first-order valence-corrected chi connectivity index (χ1v) is 9.41. The summed E-state index contributed by atoms with van der Waals surface area (Å²) < 4.78 is 5.78. The number of hydrogen-bond acceptors (Lipinski definition) is 4. The van der Waals surface area contributed by atoms with Gasteiger partial charge in [-0.3, -0.25) is 20.4 Å². The number of benzene rings is 1. The summed E-state index contributed by atoms with van der Waals surface area (Å²) >= 11 is 8.32. The van der Waals surface area contributed by atoms with E-state index in [1.165, 1.54) is 12.8 Å². The zero-order valence-electron chi connectivity index (χ0n) is 14.5. The molecule has 0 unspecified atom stereocenters. The zero-order chi connectivity index (χ0) is 18.7. The van der Waals surface area contributed by atoms with Gasteiger partial charge in [-0.25, -0.2) is 0 Å². The van der Waals surface area contributed by atoms with E-state index in [1.54, 1.807) is 25.3 Å². The average Bonchev–Trinajstić information content (AvgIpc) is 2.59. The van der Waals surface area contributed by atoms with Crippen molar-refractivity contribution in [2.24, 2.45) is 0 Å². The van der Waals surface area contributed by atoms with Crippen LogP contribution in [0.1, 0.15) is 55.8 Å². The molecular formula is C17H24BrN3O3S. The van der Waals surface area contributed by atoms with Crippen LogP contribution in [0.3, 0.4) is 0 Å². The first-order valence-electron chi connectivity index (χ1n) is 8.21. The number of amides is 2. The molecule has 25 heavy (non-hydrogen) atoms. The van der Waals surface area contributed by atoms with E-state index in [-0.39, 0.29) is 16.9 Å². The lowest BCUT2D eigenvalue weighted by Crippen LogP contribution is -2.48. The van der Waals surface area contributed by atoms with Crippen molar-refractivity contribution in [3.63, 3.8) is 0 Å². The van der Waals surface area contributed by atoms with Crippen LogP contribution in [0.25, 0.3) is 0 Å². The summed E-state index contributed by atoms with van der Waals surface area (Å²) in [6.07, 6.45) is 5.79. The molecule has 1 aromatic carbocycles. The van der Waals surface area contributed by atoms with Crippen LogP contribution in [-0.4, -0.2) is 24.0 Å². The minimum absolute atomic E-state index is 0.0690. The van der Waals surface area contributed by atoms with Crippen molar-refractivity contribution in [3.8, 4) is 5.75 Å². The Balaban J connectivity index is 2.32. The van der Waals surface area contributed by atoms with E-state index in [1.807, 2.05) is 0 Å². The van der Waals surface area contributed by atoms with Gasteiger partial charge in [-0.15, -0.1) is 0 Å². The molecule has 0 saturated heterocycles. The lowest BCUT2D eigenvalue weighted by Gasteiger charge is -2.11. The summed E-state index contributed by atoms with van der Waals surface area (Å²) in [5, 5.41) is 2.61. The Bertz CT molecular complexity index is 611. The molecule has 0 fully saturated rings. The van der Waals surface area contributed by atoms with Crippen LogP contribution in [0.5, 0.6) is 5.75 Å². The van der Waals surface area contributed by atoms with Gasteiger partial charge in [0.25, 0.3) is 5.91 Å². The second-order valence-electron chi connectivity index (χ2n) is 5.47. The fourth-order valence-corrected chi connectivity index (χ4v) is 2.81. The van der Waals surface area contributed by atoms with E-state index >= 15 is 0 Å². The molecule has 3 N–H and O–H groups in total. The molecule has 138 valence electrons. The number of hydrogen-bond donors (Lipinski definition) is 3. The number of halogens is 1. The molecule has 0 atom stereocenters. The summed E-state index contributed by atoms with van der Waals surface area (Å²) in [5.74, 6) is 0.0983. The molecule has 0 aromatic heterocycles. The molecule has 1 aromatic rings. The Morgan fingerprint density at radius 1 is 1.16 bits per heavy atom. The predicted molar refractivity (Wildman–Crippen MR) is 105 cm³/mol. The van der Waals surface area contributed by atoms with Crippen LogP contribution < -0.4 is 20.9 Å². The molecule has 8 heteroatoms. The third-order valence-electron chi connectivity index (χ3n) is 3.46. The van der Waals surface area contributed by atoms with E-state index < -0.39 is 0 Å². The van der Waals surface area contributed by atoms with Gasteiger partial charge in [-0.05, 0) is 52.8 Å². The number of carbonyl (C=O) groups excluding carboxylic acids is 2. The van der Waals surface area contributed by atoms with Gasteiger partial charge in [-0.2, -0.15) is 0 Å². The minimum atomic E-state index is -0.375. The number of ether oxygens (including phenoxy) is 1. The molecule has 0 spiro atoms. The van der Waals surface area contributed by atoms with Crippen LogP contribution >= 0.6 is 28.1 Å². The fourth-order valence-electron chi connectivity index (χ4n) is 2.10. The topological polar surface area (TPSA) is 79.5 Å². The first-order chi connectivity index (χ1) is 12.0. The third kappa shape index (κ3) is 8.31. The Labute approximate surface area is 162 Å². The van der Waals surface area contributed by atoms with E-state index in [0.29, 0.717) is 22.2 Å². The molecule has 0 bridgehead atoms. The van der Waals surface area contributed by atoms with Crippen molar-refractivity contribution in [1.82, 2.24) is 16.2 Å². The largest absolute Gasteiger partial charge is 0.496 e. The third-order valence-corrected chi connectivity index (χ3v) is 4.29. The number of thiocarbonyl (C=S) groups is 1. The molecule has 0 radical (unpaired) electrons. The van der Waals surface area contributed by atoms with E-state index in [9.17, 15) is 9.59 Å². The monoisotopic (exact) mass is 429 g/mol. The highest BCUT2D eigenvalue weighted by atomic mass is 79.9. The van der Waals surface area contributed by atoms with Gasteiger partial charge in [0.15, 0.2) is 5.11 Å². The number of rotatable bonds is 8. The number of unbranched alkanes of at least 4 members (excludes halogenated alkanes) is 4. The molecule has 2 amide bonds.